The highest BCUT2D eigenvalue weighted by atomic mass is 16.3. The first-order valence-corrected chi connectivity index (χ1v) is 16.1. The van der Waals surface area contributed by atoms with E-state index in [-0.39, 0.29) is 18.1 Å². The van der Waals surface area contributed by atoms with Crippen LogP contribution in [-0.4, -0.2) is 58.5 Å². The molecule has 4 saturated carbocycles. The molecule has 0 unspecified atom stereocenters. The van der Waals surface area contributed by atoms with Crippen LogP contribution < -0.4 is 0 Å². The smallest absolute Gasteiger partial charge is 0.226 e. The second-order valence-electron chi connectivity index (χ2n) is 14.9. The van der Waals surface area contributed by atoms with Gasteiger partial charge in [-0.2, -0.15) is 0 Å². The number of rotatable bonds is 5. The molecule has 5 aliphatic carbocycles. The van der Waals surface area contributed by atoms with E-state index in [0.717, 1.165) is 62.2 Å². The maximum atomic E-state index is 13.2. The molecule has 1 N–H and O–H groups in total. The van der Waals surface area contributed by atoms with E-state index in [0.29, 0.717) is 54.6 Å². The van der Waals surface area contributed by atoms with Crippen molar-refractivity contribution in [2.24, 2.45) is 46.3 Å². The summed E-state index contributed by atoms with van der Waals surface area (Å²) in [4.78, 5) is 29.8. The van der Waals surface area contributed by atoms with Crippen LogP contribution in [0.3, 0.4) is 0 Å². The normalized spacial score (nSPS) is 43.6. The summed E-state index contributed by atoms with van der Waals surface area (Å²) in [6.45, 7) is 11.8. The lowest BCUT2D eigenvalue weighted by atomic mass is 9.47. The van der Waals surface area contributed by atoms with E-state index in [1.165, 1.54) is 32.1 Å². The zero-order valence-electron chi connectivity index (χ0n) is 24.5. The van der Waals surface area contributed by atoms with E-state index < -0.39 is 0 Å². The van der Waals surface area contributed by atoms with Gasteiger partial charge in [0.1, 0.15) is 0 Å². The quantitative estimate of drug-likeness (QED) is 0.462. The van der Waals surface area contributed by atoms with Gasteiger partial charge in [-0.25, -0.2) is 0 Å². The van der Waals surface area contributed by atoms with Crippen molar-refractivity contribution in [3.8, 4) is 0 Å². The van der Waals surface area contributed by atoms with Crippen molar-refractivity contribution < 1.29 is 14.7 Å². The topological polar surface area (TPSA) is 60.9 Å². The van der Waals surface area contributed by atoms with Crippen LogP contribution in [0.4, 0.5) is 0 Å². The van der Waals surface area contributed by atoms with Crippen LogP contribution in [0.15, 0.2) is 11.6 Å². The fourth-order valence-corrected chi connectivity index (χ4v) is 10.4. The molecule has 1 heterocycles. The molecule has 0 aromatic heterocycles. The number of aliphatic hydroxyl groups excluding tert-OH is 1. The number of aliphatic hydroxyl groups is 1. The van der Waals surface area contributed by atoms with Crippen LogP contribution >= 0.6 is 0 Å². The Morgan fingerprint density at radius 2 is 1.84 bits per heavy atom. The summed E-state index contributed by atoms with van der Waals surface area (Å²) in [6.07, 6.45) is 15.8. The van der Waals surface area contributed by atoms with E-state index in [2.05, 4.69) is 33.8 Å². The number of nitrogens with zero attached hydrogens (tertiary/aromatic N) is 2. The van der Waals surface area contributed by atoms with E-state index in [1.807, 2.05) is 9.80 Å². The summed E-state index contributed by atoms with van der Waals surface area (Å²) < 4.78 is 0. The number of amides is 2. The highest BCUT2D eigenvalue weighted by Crippen LogP contribution is 2.67. The van der Waals surface area contributed by atoms with Crippen molar-refractivity contribution in [3.05, 3.63) is 11.6 Å². The van der Waals surface area contributed by atoms with Crippen LogP contribution in [0.1, 0.15) is 105 Å². The zero-order chi connectivity index (χ0) is 26.8. The molecule has 9 atom stereocenters. The lowest BCUT2D eigenvalue weighted by Gasteiger charge is -2.58. The molecule has 0 bridgehead atoms. The van der Waals surface area contributed by atoms with Crippen molar-refractivity contribution in [1.82, 2.24) is 9.80 Å². The minimum absolute atomic E-state index is 0.128. The molecule has 5 nitrogen and oxygen atoms in total. The summed E-state index contributed by atoms with van der Waals surface area (Å²) in [7, 11) is 0. The van der Waals surface area contributed by atoms with E-state index in [4.69, 9.17) is 0 Å². The van der Waals surface area contributed by atoms with Crippen molar-refractivity contribution in [3.63, 3.8) is 0 Å². The van der Waals surface area contributed by atoms with Gasteiger partial charge in [0.05, 0.1) is 6.10 Å². The molecule has 2 amide bonds. The minimum Gasteiger partial charge on any atom is -0.393 e. The lowest BCUT2D eigenvalue weighted by Crippen LogP contribution is -2.55. The van der Waals surface area contributed by atoms with Gasteiger partial charge >= 0.3 is 0 Å². The molecule has 5 fully saturated rings. The number of carbonyl (C=O) groups excluding carboxylic acids is 2. The molecule has 0 spiro atoms. The largest absolute Gasteiger partial charge is 0.393 e. The highest BCUT2D eigenvalue weighted by Gasteiger charge is 2.59. The number of piperazine rings is 1. The van der Waals surface area contributed by atoms with Gasteiger partial charge in [-0.3, -0.25) is 9.59 Å². The number of hydrogen-bond donors (Lipinski definition) is 1. The third-order valence-corrected chi connectivity index (χ3v) is 12.8. The van der Waals surface area contributed by atoms with Crippen molar-refractivity contribution >= 4 is 11.8 Å². The monoisotopic (exact) mass is 524 g/mol. The van der Waals surface area contributed by atoms with Gasteiger partial charge in [0.25, 0.3) is 0 Å². The molecule has 6 aliphatic rings. The molecule has 0 aromatic rings. The summed E-state index contributed by atoms with van der Waals surface area (Å²) in [5.74, 6) is 4.57. The Hall–Kier alpha value is -1.36. The second-order valence-corrected chi connectivity index (χ2v) is 14.9. The second kappa shape index (κ2) is 9.93. The average Bonchev–Trinajstić information content (AvgIpc) is 3.68. The van der Waals surface area contributed by atoms with Crippen LogP contribution in [0, 0.1) is 46.3 Å². The van der Waals surface area contributed by atoms with Gasteiger partial charge in [-0.05, 0) is 118 Å². The Kier molecular flexibility index (Phi) is 7.01. The summed E-state index contributed by atoms with van der Waals surface area (Å²) in [5, 5.41) is 10.3. The van der Waals surface area contributed by atoms with Gasteiger partial charge < -0.3 is 14.9 Å². The molecule has 6 rings (SSSR count). The van der Waals surface area contributed by atoms with Crippen LogP contribution in [0.5, 0.6) is 0 Å². The first kappa shape index (κ1) is 26.8. The van der Waals surface area contributed by atoms with Crippen LogP contribution in [-0.2, 0) is 9.59 Å². The molecular formula is C33H52N2O3. The summed E-state index contributed by atoms with van der Waals surface area (Å²) in [5.41, 5.74) is 2.28. The Balaban J connectivity index is 1.05. The first-order valence-electron chi connectivity index (χ1n) is 16.1. The number of hydrogen-bond acceptors (Lipinski definition) is 3. The van der Waals surface area contributed by atoms with Gasteiger partial charge in [0, 0.05) is 38.0 Å². The van der Waals surface area contributed by atoms with E-state index in [9.17, 15) is 14.7 Å². The first-order chi connectivity index (χ1) is 18.1. The maximum absolute atomic E-state index is 13.2. The number of allylic oxidation sites excluding steroid dienone is 1. The minimum atomic E-state index is -0.128. The molecule has 1 aliphatic heterocycles. The van der Waals surface area contributed by atoms with Crippen molar-refractivity contribution in [1.29, 1.82) is 0 Å². The Bertz CT molecular complexity index is 973. The predicted octanol–water partition coefficient (Wildman–Crippen LogP) is 5.81. The molecular weight excluding hydrogens is 472 g/mol. The standard InChI is InChI=1S/C33H52N2O3/c1-21(5-12-30(37)34-17-18-35(22(2)20-34)31(38)23-6-7-23)27-10-11-28-26-9-8-24-19-25(36)13-15-32(24,3)29(26)14-16-33(27,28)4/h8,21-23,25-29,36H,5-7,9-20H2,1-4H3/t21-,22+,25+,26+,27-,28+,29+,32+,33-/m1/s1. The SMILES string of the molecule is C[C@H](CCC(=O)N1CCN(C(=O)C2CC2)[C@@H](C)C1)[C@H]1CC[C@H]2[C@@H]3CC=C4C[C@@H](O)CC[C@]4(C)[C@H]3CC[C@]12C. The Morgan fingerprint density at radius 1 is 1.05 bits per heavy atom. The van der Waals surface area contributed by atoms with Crippen molar-refractivity contribution in [2.45, 2.75) is 117 Å². The van der Waals surface area contributed by atoms with Gasteiger partial charge in [-0.1, -0.05) is 32.4 Å². The third kappa shape index (κ3) is 4.47. The Morgan fingerprint density at radius 3 is 2.58 bits per heavy atom. The summed E-state index contributed by atoms with van der Waals surface area (Å²) >= 11 is 0. The molecule has 212 valence electrons. The Labute approximate surface area is 230 Å². The van der Waals surface area contributed by atoms with E-state index in [1.54, 1.807) is 5.57 Å². The molecule has 38 heavy (non-hydrogen) atoms. The molecule has 0 radical (unpaired) electrons. The van der Waals surface area contributed by atoms with Gasteiger partial charge in [0.15, 0.2) is 0 Å². The molecule has 1 saturated heterocycles. The zero-order valence-corrected chi connectivity index (χ0v) is 24.5. The lowest BCUT2D eigenvalue weighted by molar-refractivity contribution is -0.143. The van der Waals surface area contributed by atoms with Crippen LogP contribution in [0.2, 0.25) is 0 Å². The average molecular weight is 525 g/mol. The fourth-order valence-electron chi connectivity index (χ4n) is 10.4. The highest BCUT2D eigenvalue weighted by molar-refractivity contribution is 5.82. The predicted molar refractivity (Wildman–Crippen MR) is 150 cm³/mol. The van der Waals surface area contributed by atoms with Gasteiger partial charge in [0.2, 0.25) is 11.8 Å². The van der Waals surface area contributed by atoms with Crippen LogP contribution in [0.25, 0.3) is 0 Å². The third-order valence-electron chi connectivity index (χ3n) is 12.8. The molecule has 5 heteroatoms. The molecule has 0 aromatic carbocycles. The maximum Gasteiger partial charge on any atom is 0.226 e. The number of fused-ring (bicyclic) bond motifs is 5. The summed E-state index contributed by atoms with van der Waals surface area (Å²) in [6, 6.07) is 0.141. The number of carbonyl (C=O) groups is 2. The van der Waals surface area contributed by atoms with Crippen molar-refractivity contribution in [2.75, 3.05) is 19.6 Å². The fraction of sp³-hybridized carbons (Fsp3) is 0.879. The van der Waals surface area contributed by atoms with Gasteiger partial charge in [-0.15, -0.1) is 0 Å². The van der Waals surface area contributed by atoms with E-state index >= 15 is 0 Å².